The summed E-state index contributed by atoms with van der Waals surface area (Å²) in [5.41, 5.74) is 0. The summed E-state index contributed by atoms with van der Waals surface area (Å²) in [5, 5.41) is 14.0. The number of carbonyl (C=O) groups excluding carboxylic acids is 1. The first-order valence-corrected chi connectivity index (χ1v) is 6.87. The van der Waals surface area contributed by atoms with Gasteiger partial charge in [0.2, 0.25) is 0 Å². The average Bonchev–Trinajstić information content (AvgIpc) is 2.74. The molecule has 1 aliphatic heterocycles. The molecule has 0 aromatic carbocycles. The Morgan fingerprint density at radius 2 is 2.22 bits per heavy atom. The van der Waals surface area contributed by atoms with E-state index in [9.17, 15) is 9.59 Å². The number of carboxylic acid groups (broad SMARTS) is 1. The van der Waals surface area contributed by atoms with Crippen LogP contribution >= 0.6 is 11.8 Å². The number of urea groups is 1. The van der Waals surface area contributed by atoms with Crippen LogP contribution in [0.4, 0.5) is 4.79 Å². The highest BCUT2D eigenvalue weighted by molar-refractivity contribution is 8.00. The molecule has 104 valence electrons. The molecule has 1 saturated heterocycles. The molecule has 0 bridgehead atoms. The Balaban J connectivity index is 2.23. The van der Waals surface area contributed by atoms with Crippen LogP contribution in [0.5, 0.6) is 0 Å². The van der Waals surface area contributed by atoms with Crippen molar-refractivity contribution >= 4 is 23.8 Å². The Morgan fingerprint density at radius 3 is 2.72 bits per heavy atom. The van der Waals surface area contributed by atoms with Gasteiger partial charge in [0.25, 0.3) is 0 Å². The standard InChI is InChI=1S/C11H20N2O4S/c1-11(4-3-5-18-11)7-13-10(16)12-6-8(17-2)9(14)15/h8H,3-7H2,1-2H3,(H,14,15)(H2,12,13,16). The van der Waals surface area contributed by atoms with Gasteiger partial charge in [0, 0.05) is 18.4 Å². The van der Waals surface area contributed by atoms with Crippen molar-refractivity contribution in [3.05, 3.63) is 0 Å². The zero-order valence-electron chi connectivity index (χ0n) is 10.7. The Labute approximate surface area is 111 Å². The molecule has 1 heterocycles. The van der Waals surface area contributed by atoms with Crippen molar-refractivity contribution in [3.63, 3.8) is 0 Å². The predicted octanol–water partition coefficient (Wildman–Crippen LogP) is 0.671. The summed E-state index contributed by atoms with van der Waals surface area (Å²) in [7, 11) is 1.30. The fourth-order valence-electron chi connectivity index (χ4n) is 1.76. The minimum atomic E-state index is -1.09. The van der Waals surface area contributed by atoms with Crippen LogP contribution in [0.1, 0.15) is 19.8 Å². The fraction of sp³-hybridized carbons (Fsp3) is 0.818. The van der Waals surface area contributed by atoms with Crippen LogP contribution in [0, 0.1) is 0 Å². The maximum Gasteiger partial charge on any atom is 0.334 e. The number of amides is 2. The molecule has 0 aliphatic carbocycles. The number of carbonyl (C=O) groups is 2. The Bertz CT molecular complexity index is 305. The van der Waals surface area contributed by atoms with E-state index in [2.05, 4.69) is 17.6 Å². The molecule has 1 aliphatic rings. The van der Waals surface area contributed by atoms with E-state index < -0.39 is 12.1 Å². The predicted molar refractivity (Wildman–Crippen MR) is 69.9 cm³/mol. The number of nitrogens with one attached hydrogen (secondary N) is 2. The van der Waals surface area contributed by atoms with Gasteiger partial charge in [-0.1, -0.05) is 0 Å². The second kappa shape index (κ2) is 6.84. The van der Waals surface area contributed by atoms with Gasteiger partial charge in [-0.05, 0) is 25.5 Å². The lowest BCUT2D eigenvalue weighted by Gasteiger charge is -2.23. The molecular weight excluding hydrogens is 256 g/mol. The van der Waals surface area contributed by atoms with Crippen molar-refractivity contribution < 1.29 is 19.4 Å². The van der Waals surface area contributed by atoms with Crippen molar-refractivity contribution in [2.75, 3.05) is 26.0 Å². The second-order valence-corrected chi connectivity index (χ2v) is 6.21. The van der Waals surface area contributed by atoms with Crippen molar-refractivity contribution in [1.29, 1.82) is 0 Å². The molecule has 2 atom stereocenters. The van der Waals surface area contributed by atoms with Crippen molar-refractivity contribution in [2.45, 2.75) is 30.6 Å². The van der Waals surface area contributed by atoms with Gasteiger partial charge in [0.05, 0.1) is 6.54 Å². The summed E-state index contributed by atoms with van der Waals surface area (Å²) < 4.78 is 4.82. The summed E-state index contributed by atoms with van der Waals surface area (Å²) >= 11 is 1.86. The van der Waals surface area contributed by atoms with Crippen molar-refractivity contribution in [1.82, 2.24) is 10.6 Å². The Kier molecular flexibility index (Phi) is 5.74. The third-order valence-electron chi connectivity index (χ3n) is 2.93. The van der Waals surface area contributed by atoms with Gasteiger partial charge in [-0.3, -0.25) is 0 Å². The number of carboxylic acids is 1. The number of hydrogen-bond acceptors (Lipinski definition) is 4. The summed E-state index contributed by atoms with van der Waals surface area (Å²) in [6.45, 7) is 2.68. The number of hydrogen-bond donors (Lipinski definition) is 3. The van der Waals surface area contributed by atoms with E-state index in [1.165, 1.54) is 13.5 Å². The summed E-state index contributed by atoms with van der Waals surface area (Å²) in [4.78, 5) is 22.2. The van der Waals surface area contributed by atoms with Gasteiger partial charge in [-0.2, -0.15) is 11.8 Å². The number of rotatable bonds is 6. The average molecular weight is 276 g/mol. The lowest BCUT2D eigenvalue weighted by atomic mass is 10.1. The number of thioether (sulfide) groups is 1. The molecule has 0 radical (unpaired) electrons. The van der Waals surface area contributed by atoms with E-state index >= 15 is 0 Å². The Morgan fingerprint density at radius 1 is 1.50 bits per heavy atom. The largest absolute Gasteiger partial charge is 0.479 e. The maximum absolute atomic E-state index is 11.5. The number of ether oxygens (including phenoxy) is 1. The van der Waals surface area contributed by atoms with Gasteiger partial charge >= 0.3 is 12.0 Å². The van der Waals surface area contributed by atoms with E-state index in [4.69, 9.17) is 9.84 Å². The summed E-state index contributed by atoms with van der Waals surface area (Å²) in [5.74, 6) is 0.0426. The minimum Gasteiger partial charge on any atom is -0.479 e. The highest BCUT2D eigenvalue weighted by Gasteiger charge is 2.29. The van der Waals surface area contributed by atoms with Crippen LogP contribution < -0.4 is 10.6 Å². The molecular formula is C11H20N2O4S. The van der Waals surface area contributed by atoms with Crippen molar-refractivity contribution in [2.24, 2.45) is 0 Å². The molecule has 18 heavy (non-hydrogen) atoms. The first-order valence-electron chi connectivity index (χ1n) is 5.88. The molecule has 2 amide bonds. The molecule has 6 nitrogen and oxygen atoms in total. The lowest BCUT2D eigenvalue weighted by molar-refractivity contribution is -0.147. The minimum absolute atomic E-state index is 0.0402. The maximum atomic E-state index is 11.5. The van der Waals surface area contributed by atoms with Gasteiger partial charge in [0.1, 0.15) is 0 Å². The number of methoxy groups -OCH3 is 1. The third kappa shape index (κ3) is 4.73. The molecule has 0 saturated carbocycles. The zero-order valence-corrected chi connectivity index (χ0v) is 11.5. The zero-order chi connectivity index (χ0) is 13.6. The van der Waals surface area contributed by atoms with Crippen LogP contribution in [-0.2, 0) is 9.53 Å². The quantitative estimate of drug-likeness (QED) is 0.663. The van der Waals surface area contributed by atoms with Gasteiger partial charge in [-0.25, -0.2) is 9.59 Å². The molecule has 0 aromatic rings. The molecule has 2 unspecified atom stereocenters. The van der Waals surface area contributed by atoms with E-state index in [0.717, 1.165) is 12.2 Å². The Hall–Kier alpha value is -0.950. The SMILES string of the molecule is COC(CNC(=O)NCC1(C)CCCS1)C(=O)O. The molecule has 0 aromatic heterocycles. The van der Waals surface area contributed by atoms with Crippen LogP contribution in [0.2, 0.25) is 0 Å². The summed E-state index contributed by atoms with van der Waals surface area (Å²) in [6, 6.07) is -0.355. The van der Waals surface area contributed by atoms with Crippen LogP contribution in [0.3, 0.4) is 0 Å². The van der Waals surface area contributed by atoms with E-state index in [0.29, 0.717) is 6.54 Å². The third-order valence-corrected chi connectivity index (χ3v) is 4.47. The topological polar surface area (TPSA) is 87.7 Å². The second-order valence-electron chi connectivity index (χ2n) is 4.53. The highest BCUT2D eigenvalue weighted by atomic mass is 32.2. The van der Waals surface area contributed by atoms with Gasteiger partial charge in [0.15, 0.2) is 6.10 Å². The van der Waals surface area contributed by atoms with Crippen molar-refractivity contribution in [3.8, 4) is 0 Å². The first kappa shape index (κ1) is 15.1. The normalized spacial score (nSPS) is 24.6. The fourth-order valence-corrected chi connectivity index (χ4v) is 3.01. The molecule has 7 heteroatoms. The summed E-state index contributed by atoms with van der Waals surface area (Å²) in [6.07, 6.45) is 1.26. The number of aliphatic carboxylic acids is 1. The van der Waals surface area contributed by atoms with Crippen LogP contribution in [0.25, 0.3) is 0 Å². The monoisotopic (exact) mass is 276 g/mol. The molecule has 1 rings (SSSR count). The molecule has 0 spiro atoms. The van der Waals surface area contributed by atoms with E-state index in [1.54, 1.807) is 0 Å². The molecule has 3 N–H and O–H groups in total. The van der Waals surface area contributed by atoms with Gasteiger partial charge in [-0.15, -0.1) is 0 Å². The molecule has 1 fully saturated rings. The smallest absolute Gasteiger partial charge is 0.334 e. The lowest BCUT2D eigenvalue weighted by Crippen LogP contribution is -2.46. The van der Waals surface area contributed by atoms with Crippen LogP contribution in [0.15, 0.2) is 0 Å². The first-order chi connectivity index (χ1) is 8.47. The van der Waals surface area contributed by atoms with E-state index in [-0.39, 0.29) is 17.3 Å². The van der Waals surface area contributed by atoms with E-state index in [1.807, 2.05) is 11.8 Å². The van der Waals surface area contributed by atoms with Crippen LogP contribution in [-0.4, -0.2) is 53.9 Å². The highest BCUT2D eigenvalue weighted by Crippen LogP contribution is 2.36. The van der Waals surface area contributed by atoms with Gasteiger partial charge < -0.3 is 20.5 Å².